The van der Waals surface area contributed by atoms with Crippen molar-refractivity contribution in [2.24, 2.45) is 0 Å². The highest BCUT2D eigenvalue weighted by molar-refractivity contribution is 5.52. The summed E-state index contributed by atoms with van der Waals surface area (Å²) >= 11 is 0. The Morgan fingerprint density at radius 3 is 3.36 bits per heavy atom. The molecule has 0 spiro atoms. The largest absolute Gasteiger partial charge is 0.364 e. The fourth-order valence-electron chi connectivity index (χ4n) is 1.74. The lowest BCUT2D eigenvalue weighted by Crippen LogP contribution is -2.16. The number of fused-ring (bicyclic) bond motifs is 3. The monoisotopic (exact) mass is 186 g/mol. The van der Waals surface area contributed by atoms with Gasteiger partial charge in [0.1, 0.15) is 5.82 Å². The van der Waals surface area contributed by atoms with E-state index in [-0.39, 0.29) is 0 Å². The molecule has 0 unspecified atom stereocenters. The number of hydrogen-bond acceptors (Lipinski definition) is 3. The fourth-order valence-corrected chi connectivity index (χ4v) is 1.74. The zero-order valence-corrected chi connectivity index (χ0v) is 7.86. The quantitative estimate of drug-likeness (QED) is 0.678. The summed E-state index contributed by atoms with van der Waals surface area (Å²) in [5.74, 6) is 1.04. The molecule has 1 N–H and O–H groups in total. The summed E-state index contributed by atoms with van der Waals surface area (Å²) in [6.07, 6.45) is 1.81. The fraction of sp³-hybridized carbons (Fsp3) is 0.200. The van der Waals surface area contributed by atoms with Crippen LogP contribution in [0.5, 0.6) is 0 Å². The molecular formula is C10H10N4. The Labute approximate surface area is 81.6 Å². The third-order valence-corrected chi connectivity index (χ3v) is 2.36. The molecule has 3 rings (SSSR count). The summed E-state index contributed by atoms with van der Waals surface area (Å²) in [7, 11) is 0. The maximum Gasteiger partial charge on any atom is 0.130 e. The van der Waals surface area contributed by atoms with Gasteiger partial charge < -0.3 is 5.32 Å². The molecule has 1 aliphatic rings. The van der Waals surface area contributed by atoms with Crippen LogP contribution in [-0.4, -0.2) is 14.8 Å². The van der Waals surface area contributed by atoms with Gasteiger partial charge in [-0.2, -0.15) is 5.10 Å². The van der Waals surface area contributed by atoms with Crippen LogP contribution >= 0.6 is 0 Å². The molecule has 0 atom stereocenters. The molecule has 3 heterocycles. The average Bonchev–Trinajstić information content (AvgIpc) is 2.59. The molecule has 0 amide bonds. The molecule has 2 aromatic rings. The zero-order valence-electron chi connectivity index (χ0n) is 7.86. The van der Waals surface area contributed by atoms with Gasteiger partial charge in [-0.05, 0) is 19.1 Å². The number of hydrogen-bond donors (Lipinski definition) is 1. The highest BCUT2D eigenvalue weighted by Crippen LogP contribution is 2.24. The van der Waals surface area contributed by atoms with E-state index in [0.717, 1.165) is 29.4 Å². The molecule has 2 aromatic heterocycles. The van der Waals surface area contributed by atoms with E-state index in [1.165, 1.54) is 0 Å². The summed E-state index contributed by atoms with van der Waals surface area (Å²) in [6, 6.07) is 6.01. The highest BCUT2D eigenvalue weighted by atomic mass is 15.3. The first-order chi connectivity index (χ1) is 6.84. The van der Waals surface area contributed by atoms with E-state index in [1.807, 2.05) is 36.0 Å². The molecule has 1 aliphatic heterocycles. The number of anilines is 1. The highest BCUT2D eigenvalue weighted by Gasteiger charge is 2.16. The first-order valence-electron chi connectivity index (χ1n) is 4.59. The lowest BCUT2D eigenvalue weighted by Gasteiger charge is -2.17. The molecule has 0 aliphatic carbocycles. The number of rotatable bonds is 0. The van der Waals surface area contributed by atoms with Crippen molar-refractivity contribution in [1.82, 2.24) is 14.8 Å². The lowest BCUT2D eigenvalue weighted by atomic mass is 10.2. The van der Waals surface area contributed by atoms with Gasteiger partial charge in [-0.15, -0.1) is 0 Å². The smallest absolute Gasteiger partial charge is 0.130 e. The maximum absolute atomic E-state index is 4.41. The first kappa shape index (κ1) is 7.55. The minimum atomic E-state index is 0.779. The molecule has 0 bridgehead atoms. The minimum absolute atomic E-state index is 0.779. The standard InChI is InChI=1S/C10H10N4/c1-7-5-10-12-6-8-9(14(10)13-7)3-2-4-11-8/h2-5,12H,6H2,1H3. The summed E-state index contributed by atoms with van der Waals surface area (Å²) < 4.78 is 1.90. The summed E-state index contributed by atoms with van der Waals surface area (Å²) in [5.41, 5.74) is 3.14. The molecule has 70 valence electrons. The third-order valence-electron chi connectivity index (χ3n) is 2.36. The van der Waals surface area contributed by atoms with Crippen LogP contribution in [0, 0.1) is 6.92 Å². The Morgan fingerprint density at radius 1 is 1.50 bits per heavy atom. The molecule has 4 nitrogen and oxygen atoms in total. The van der Waals surface area contributed by atoms with Gasteiger partial charge >= 0.3 is 0 Å². The van der Waals surface area contributed by atoms with Crippen molar-refractivity contribution in [2.45, 2.75) is 13.5 Å². The first-order valence-corrected chi connectivity index (χ1v) is 4.59. The number of aromatic nitrogens is 3. The van der Waals surface area contributed by atoms with Crippen molar-refractivity contribution in [3.8, 4) is 5.69 Å². The number of pyridine rings is 1. The second-order valence-electron chi connectivity index (χ2n) is 3.41. The van der Waals surface area contributed by atoms with Gasteiger partial charge in [0, 0.05) is 12.3 Å². The van der Waals surface area contributed by atoms with E-state index < -0.39 is 0 Å². The molecule has 0 radical (unpaired) electrons. The summed E-state index contributed by atoms with van der Waals surface area (Å²) in [4.78, 5) is 4.30. The van der Waals surface area contributed by atoms with Crippen molar-refractivity contribution >= 4 is 5.82 Å². The van der Waals surface area contributed by atoms with Gasteiger partial charge in [0.15, 0.2) is 0 Å². The molecule has 0 fully saturated rings. The Kier molecular flexibility index (Phi) is 1.39. The van der Waals surface area contributed by atoms with Gasteiger partial charge in [0.2, 0.25) is 0 Å². The van der Waals surface area contributed by atoms with Crippen LogP contribution in [0.25, 0.3) is 5.69 Å². The van der Waals surface area contributed by atoms with E-state index in [4.69, 9.17) is 0 Å². The Morgan fingerprint density at radius 2 is 2.43 bits per heavy atom. The van der Waals surface area contributed by atoms with Gasteiger partial charge in [0.25, 0.3) is 0 Å². The summed E-state index contributed by atoms with van der Waals surface area (Å²) in [5, 5.41) is 7.68. The van der Waals surface area contributed by atoms with E-state index in [1.54, 1.807) is 0 Å². The van der Waals surface area contributed by atoms with Gasteiger partial charge in [-0.3, -0.25) is 4.98 Å². The van der Waals surface area contributed by atoms with Crippen LogP contribution in [0.2, 0.25) is 0 Å². The van der Waals surface area contributed by atoms with Crippen molar-refractivity contribution < 1.29 is 0 Å². The normalized spacial score (nSPS) is 12.9. The lowest BCUT2D eigenvalue weighted by molar-refractivity contribution is 0.803. The minimum Gasteiger partial charge on any atom is -0.364 e. The number of nitrogens with one attached hydrogen (secondary N) is 1. The third kappa shape index (κ3) is 0.937. The molecule has 0 aromatic carbocycles. The Bertz CT molecular complexity index is 487. The molecule has 0 saturated carbocycles. The molecular weight excluding hydrogens is 176 g/mol. The van der Waals surface area contributed by atoms with Crippen molar-refractivity contribution in [1.29, 1.82) is 0 Å². The van der Waals surface area contributed by atoms with Crippen LogP contribution in [0.3, 0.4) is 0 Å². The SMILES string of the molecule is Cc1cc2n(n1)-c1cccnc1CN2. The number of nitrogens with zero attached hydrogens (tertiary/aromatic N) is 3. The number of aryl methyl sites for hydroxylation is 1. The van der Waals surface area contributed by atoms with E-state index in [0.29, 0.717) is 0 Å². The van der Waals surface area contributed by atoms with Gasteiger partial charge in [0.05, 0.1) is 23.6 Å². The van der Waals surface area contributed by atoms with E-state index in [2.05, 4.69) is 15.4 Å². The van der Waals surface area contributed by atoms with Gasteiger partial charge in [-0.25, -0.2) is 4.68 Å². The second-order valence-corrected chi connectivity index (χ2v) is 3.41. The average molecular weight is 186 g/mol. The van der Waals surface area contributed by atoms with Crippen LogP contribution in [-0.2, 0) is 6.54 Å². The van der Waals surface area contributed by atoms with Crippen LogP contribution in [0.4, 0.5) is 5.82 Å². The van der Waals surface area contributed by atoms with E-state index in [9.17, 15) is 0 Å². The van der Waals surface area contributed by atoms with Crippen molar-refractivity contribution in [3.63, 3.8) is 0 Å². The maximum atomic E-state index is 4.41. The predicted molar refractivity (Wildman–Crippen MR) is 53.4 cm³/mol. The van der Waals surface area contributed by atoms with Crippen molar-refractivity contribution in [2.75, 3.05) is 5.32 Å². The summed E-state index contributed by atoms with van der Waals surface area (Å²) in [6.45, 7) is 2.77. The topological polar surface area (TPSA) is 42.7 Å². The Balaban J connectivity index is 2.28. The molecule has 4 heteroatoms. The van der Waals surface area contributed by atoms with Crippen molar-refractivity contribution in [3.05, 3.63) is 35.8 Å². The van der Waals surface area contributed by atoms with Crippen LogP contribution < -0.4 is 5.32 Å². The molecule has 14 heavy (non-hydrogen) atoms. The predicted octanol–water partition coefficient (Wildman–Crippen LogP) is 1.50. The van der Waals surface area contributed by atoms with Gasteiger partial charge in [-0.1, -0.05) is 0 Å². The zero-order chi connectivity index (χ0) is 9.54. The van der Waals surface area contributed by atoms with Crippen LogP contribution in [0.1, 0.15) is 11.4 Å². The molecule has 0 saturated heterocycles. The van der Waals surface area contributed by atoms with E-state index >= 15 is 0 Å². The second kappa shape index (κ2) is 2.57. The van der Waals surface area contributed by atoms with Crippen LogP contribution in [0.15, 0.2) is 24.4 Å². The Hall–Kier alpha value is -1.84.